The zero-order valence-corrected chi connectivity index (χ0v) is 11.1. The van der Waals surface area contributed by atoms with Crippen LogP contribution in [-0.2, 0) is 13.7 Å². The molecular formula is C4H14NO8P3. The zero-order chi connectivity index (χ0) is 13.2. The van der Waals surface area contributed by atoms with E-state index in [1.165, 1.54) is 0 Å². The summed E-state index contributed by atoms with van der Waals surface area (Å²) in [6, 6.07) is 0. The first kappa shape index (κ1) is 16.4. The molecule has 0 aromatic rings. The molecule has 0 spiro atoms. The van der Waals surface area contributed by atoms with Gasteiger partial charge in [0.15, 0.2) is 0 Å². The van der Waals surface area contributed by atoms with E-state index < -0.39 is 41.4 Å². The van der Waals surface area contributed by atoms with E-state index in [9.17, 15) is 13.7 Å². The first-order valence-electron chi connectivity index (χ1n) is 3.89. The third-order valence-corrected chi connectivity index (χ3v) is 3.69. The molecule has 0 heterocycles. The fourth-order valence-electron chi connectivity index (χ4n) is 1.03. The van der Waals surface area contributed by atoms with E-state index in [4.69, 9.17) is 24.5 Å². The van der Waals surface area contributed by atoms with Gasteiger partial charge in [0.05, 0.1) is 6.29 Å². The molecule has 0 saturated heterocycles. The summed E-state index contributed by atoms with van der Waals surface area (Å²) < 4.78 is 32.3. The first-order chi connectivity index (χ1) is 6.79. The fourth-order valence-corrected chi connectivity index (χ4v) is 3.88. The van der Waals surface area contributed by atoms with Crippen LogP contribution in [0.1, 0.15) is 0 Å². The highest BCUT2D eigenvalue weighted by atomic mass is 31.2. The van der Waals surface area contributed by atoms with Gasteiger partial charge in [0.2, 0.25) is 7.37 Å². The molecule has 0 aliphatic heterocycles. The summed E-state index contributed by atoms with van der Waals surface area (Å²) in [7, 11) is -12.7. The minimum atomic E-state index is -4.54. The van der Waals surface area contributed by atoms with E-state index in [0.717, 1.165) is 6.66 Å². The Bertz CT molecular complexity index is 306. The molecule has 0 fully saturated rings. The summed E-state index contributed by atoms with van der Waals surface area (Å²) in [6.45, 7) is 0.930. The van der Waals surface area contributed by atoms with E-state index in [-0.39, 0.29) is 0 Å². The summed E-state index contributed by atoms with van der Waals surface area (Å²) in [6.07, 6.45) is -2.64. The lowest BCUT2D eigenvalue weighted by molar-refractivity contribution is 0.294. The van der Waals surface area contributed by atoms with Gasteiger partial charge in [-0.1, -0.05) is 0 Å². The van der Waals surface area contributed by atoms with Gasteiger partial charge < -0.3 is 24.5 Å². The average molecular weight is 297 g/mol. The normalized spacial score (nSPS) is 17.4. The maximum atomic E-state index is 11.0. The largest absolute Gasteiger partial charge is 0.344 e. The molecule has 98 valence electrons. The molecule has 0 saturated carbocycles. The Hall–Kier alpha value is 0.450. The van der Waals surface area contributed by atoms with Gasteiger partial charge >= 0.3 is 15.2 Å². The second kappa shape index (κ2) is 5.40. The van der Waals surface area contributed by atoms with Crippen LogP contribution in [0, 0.1) is 0 Å². The Labute approximate surface area is 91.9 Å². The minimum absolute atomic E-state index is 0.586. The van der Waals surface area contributed by atoms with Crippen molar-refractivity contribution in [2.24, 2.45) is 0 Å². The van der Waals surface area contributed by atoms with Crippen molar-refractivity contribution >= 4 is 22.6 Å². The molecule has 9 nitrogen and oxygen atoms in total. The van der Waals surface area contributed by atoms with Crippen LogP contribution >= 0.6 is 22.6 Å². The van der Waals surface area contributed by atoms with Crippen molar-refractivity contribution in [3.05, 3.63) is 0 Å². The molecule has 1 unspecified atom stereocenters. The third-order valence-electron chi connectivity index (χ3n) is 1.23. The molecule has 12 heteroatoms. The van der Waals surface area contributed by atoms with Crippen LogP contribution in [0.15, 0.2) is 0 Å². The second-order valence-corrected chi connectivity index (χ2v) is 9.08. The smallest absolute Gasteiger partial charge is 0.339 e. The molecule has 0 aromatic carbocycles. The van der Waals surface area contributed by atoms with E-state index in [1.807, 2.05) is 0 Å². The third kappa shape index (κ3) is 11.0. The second-order valence-electron chi connectivity index (χ2n) is 3.48. The molecule has 1 atom stereocenters. The van der Waals surface area contributed by atoms with Gasteiger partial charge in [0, 0.05) is 6.66 Å². The van der Waals surface area contributed by atoms with Gasteiger partial charge in [0.25, 0.3) is 0 Å². The SMILES string of the molecule is CP(=O)(O)CN(CP(=O)(O)O)CP(=O)(O)O. The van der Waals surface area contributed by atoms with Crippen molar-refractivity contribution in [2.75, 3.05) is 25.5 Å². The van der Waals surface area contributed by atoms with Gasteiger partial charge in [-0.15, -0.1) is 0 Å². The Kier molecular flexibility index (Phi) is 5.55. The highest BCUT2D eigenvalue weighted by molar-refractivity contribution is 7.57. The highest BCUT2D eigenvalue weighted by Gasteiger charge is 2.29. The van der Waals surface area contributed by atoms with Crippen molar-refractivity contribution in [3.63, 3.8) is 0 Å². The van der Waals surface area contributed by atoms with Gasteiger partial charge in [-0.2, -0.15) is 0 Å². The van der Waals surface area contributed by atoms with Crippen molar-refractivity contribution in [3.8, 4) is 0 Å². The molecule has 0 aromatic heterocycles. The number of hydrogen-bond donors (Lipinski definition) is 5. The maximum Gasteiger partial charge on any atom is 0.339 e. The number of hydrogen-bond acceptors (Lipinski definition) is 4. The lowest BCUT2D eigenvalue weighted by Crippen LogP contribution is -2.27. The van der Waals surface area contributed by atoms with E-state index >= 15 is 0 Å². The van der Waals surface area contributed by atoms with E-state index in [0.29, 0.717) is 4.90 Å². The molecule has 0 aliphatic carbocycles. The zero-order valence-electron chi connectivity index (χ0n) is 8.37. The Morgan fingerprint density at radius 1 is 0.812 bits per heavy atom. The summed E-state index contributed by atoms with van der Waals surface area (Å²) >= 11 is 0. The van der Waals surface area contributed by atoms with Crippen molar-refractivity contribution in [1.82, 2.24) is 4.90 Å². The lowest BCUT2D eigenvalue weighted by atomic mass is 11.0. The Morgan fingerprint density at radius 2 is 1.12 bits per heavy atom. The van der Waals surface area contributed by atoms with Crippen molar-refractivity contribution in [1.29, 1.82) is 0 Å². The highest BCUT2D eigenvalue weighted by Crippen LogP contribution is 2.45. The summed E-state index contributed by atoms with van der Waals surface area (Å²) in [5.41, 5.74) is 0. The monoisotopic (exact) mass is 297 g/mol. The molecule has 0 rings (SSSR count). The summed E-state index contributed by atoms with van der Waals surface area (Å²) in [5.74, 6) is 0. The maximum absolute atomic E-state index is 11.0. The summed E-state index contributed by atoms with van der Waals surface area (Å²) in [5, 5.41) is 0. The number of rotatable bonds is 6. The molecule has 5 N–H and O–H groups in total. The van der Waals surface area contributed by atoms with Gasteiger partial charge in [-0.05, 0) is 0 Å². The first-order valence-corrected chi connectivity index (χ1v) is 9.78. The average Bonchev–Trinajstić information content (AvgIpc) is 1.70. The van der Waals surface area contributed by atoms with Crippen molar-refractivity contribution < 1.29 is 38.2 Å². The van der Waals surface area contributed by atoms with Crippen LogP contribution < -0.4 is 0 Å². The van der Waals surface area contributed by atoms with E-state index in [2.05, 4.69) is 0 Å². The van der Waals surface area contributed by atoms with Crippen LogP contribution in [-0.4, -0.2) is 54.9 Å². The molecule has 0 bridgehead atoms. The van der Waals surface area contributed by atoms with Gasteiger partial charge in [-0.3, -0.25) is 18.6 Å². The molecule has 0 radical (unpaired) electrons. The Morgan fingerprint density at radius 3 is 1.31 bits per heavy atom. The van der Waals surface area contributed by atoms with Crippen LogP contribution in [0.2, 0.25) is 0 Å². The predicted molar refractivity (Wildman–Crippen MR) is 56.3 cm³/mol. The molecule has 0 aliphatic rings. The van der Waals surface area contributed by atoms with Gasteiger partial charge in [0.1, 0.15) is 12.6 Å². The fraction of sp³-hybridized carbons (Fsp3) is 1.00. The van der Waals surface area contributed by atoms with Crippen LogP contribution in [0.3, 0.4) is 0 Å². The molecule has 0 amide bonds. The standard InChI is InChI=1S/C4H14NO8P3/c1-14(6,7)2-5(3-15(8,9)10)4-16(11,12)13/h2-4H2,1H3,(H,6,7)(H2,8,9,10)(H2,11,12,13). The predicted octanol–water partition coefficient (Wildman–Crippen LogP) is -0.584. The molecule has 16 heavy (non-hydrogen) atoms. The minimum Gasteiger partial charge on any atom is -0.344 e. The number of nitrogens with zero attached hydrogens (tertiary/aromatic N) is 1. The topological polar surface area (TPSA) is 156 Å². The van der Waals surface area contributed by atoms with Crippen LogP contribution in [0.25, 0.3) is 0 Å². The molecular weight excluding hydrogens is 283 g/mol. The van der Waals surface area contributed by atoms with E-state index in [1.54, 1.807) is 0 Å². The quantitative estimate of drug-likeness (QED) is 0.404. The van der Waals surface area contributed by atoms with Crippen LogP contribution in [0.5, 0.6) is 0 Å². The van der Waals surface area contributed by atoms with Crippen LogP contribution in [0.4, 0.5) is 0 Å². The van der Waals surface area contributed by atoms with Gasteiger partial charge in [-0.25, -0.2) is 0 Å². The lowest BCUT2D eigenvalue weighted by Gasteiger charge is -2.23. The summed E-state index contributed by atoms with van der Waals surface area (Å²) in [4.78, 5) is 44.1. The Balaban J connectivity index is 4.72. The van der Waals surface area contributed by atoms with Crippen molar-refractivity contribution in [2.45, 2.75) is 0 Å².